The Bertz CT molecular complexity index is 1000. The molecular formula is C20H21N3O5S. The van der Waals surface area contributed by atoms with Crippen LogP contribution in [0.2, 0.25) is 0 Å². The van der Waals surface area contributed by atoms with Gasteiger partial charge in [-0.3, -0.25) is 4.65 Å². The predicted octanol–water partition coefficient (Wildman–Crippen LogP) is 3.20. The van der Waals surface area contributed by atoms with E-state index in [0.29, 0.717) is 23.2 Å². The van der Waals surface area contributed by atoms with E-state index in [1.54, 1.807) is 18.2 Å². The maximum atomic E-state index is 13.8. The summed E-state index contributed by atoms with van der Waals surface area (Å²) >= 11 is 1.32. The summed E-state index contributed by atoms with van der Waals surface area (Å²) in [4.78, 5) is 19.3. The number of esters is 1. The Balaban J connectivity index is 1.68. The average molecular weight is 415 g/mol. The van der Waals surface area contributed by atoms with Gasteiger partial charge in [0.2, 0.25) is 0 Å². The van der Waals surface area contributed by atoms with E-state index in [2.05, 4.69) is 4.98 Å². The summed E-state index contributed by atoms with van der Waals surface area (Å²) < 4.78 is 16.3. The molecule has 0 aliphatic carbocycles. The van der Waals surface area contributed by atoms with Crippen molar-refractivity contribution in [2.45, 2.75) is 6.23 Å². The molecule has 152 valence electrons. The van der Waals surface area contributed by atoms with E-state index in [1.807, 2.05) is 36.2 Å². The van der Waals surface area contributed by atoms with Crippen LogP contribution < -0.4 is 14.1 Å². The fourth-order valence-electron chi connectivity index (χ4n) is 3.47. The molecule has 0 amide bonds. The van der Waals surface area contributed by atoms with Crippen LogP contribution in [0.15, 0.2) is 42.5 Å². The Kier molecular flexibility index (Phi) is 5.13. The highest BCUT2D eigenvalue weighted by molar-refractivity contribution is 7.22. The van der Waals surface area contributed by atoms with Crippen LogP contribution >= 0.6 is 11.3 Å². The third-order valence-electron chi connectivity index (χ3n) is 4.87. The summed E-state index contributed by atoms with van der Waals surface area (Å²) in [5.41, 5.74) is 0.912. The fraction of sp³-hybridized carbons (Fsp3) is 0.300. The molecule has 4 rings (SSSR count). The molecule has 29 heavy (non-hydrogen) atoms. The molecule has 3 aromatic rings. The van der Waals surface area contributed by atoms with E-state index in [1.165, 1.54) is 25.6 Å². The van der Waals surface area contributed by atoms with Crippen LogP contribution in [-0.4, -0.2) is 56.6 Å². The van der Waals surface area contributed by atoms with Crippen molar-refractivity contribution in [3.05, 3.63) is 53.2 Å². The smallest absolute Gasteiger partial charge is 0.350 e. The molecule has 1 aromatic heterocycles. The lowest BCUT2D eigenvalue weighted by atomic mass is 10.2. The molecule has 1 saturated heterocycles. The first-order chi connectivity index (χ1) is 14.0. The van der Waals surface area contributed by atoms with Crippen LogP contribution in [0.25, 0.3) is 10.2 Å². The standard InChI is InChI=1S/C20H21N3O5S/c1-22-11-17(28-19(24)18-14(26-2)8-6-9-15(18)27-3)23(25,12-22)20-21-13-7-4-5-10-16(13)29-20/h4-10,17H,11-12H2,1-3H3. The number of para-hydroxylation sites is 1. The summed E-state index contributed by atoms with van der Waals surface area (Å²) in [7, 11) is 4.74. The molecule has 0 bridgehead atoms. The van der Waals surface area contributed by atoms with Gasteiger partial charge in [0.15, 0.2) is 0 Å². The topological polar surface area (TPSA) is 84.0 Å². The molecule has 2 unspecified atom stereocenters. The quantitative estimate of drug-likeness (QED) is 0.359. The molecule has 0 N–H and O–H groups in total. The number of hydroxylamine groups is 2. The van der Waals surface area contributed by atoms with Gasteiger partial charge in [-0.05, 0) is 31.3 Å². The second-order valence-electron chi connectivity index (χ2n) is 6.84. The van der Waals surface area contributed by atoms with Gasteiger partial charge < -0.3 is 19.4 Å². The Hall–Kier alpha value is -2.72. The normalized spacial score (nSPS) is 22.0. The van der Waals surface area contributed by atoms with E-state index < -0.39 is 16.8 Å². The Morgan fingerprint density at radius 2 is 1.86 bits per heavy atom. The van der Waals surface area contributed by atoms with Gasteiger partial charge in [0, 0.05) is 0 Å². The van der Waals surface area contributed by atoms with E-state index in [0.717, 1.165) is 10.2 Å². The van der Waals surface area contributed by atoms with Gasteiger partial charge in [0.05, 0.1) is 31.0 Å². The van der Waals surface area contributed by atoms with Crippen LogP contribution in [-0.2, 0) is 4.74 Å². The monoisotopic (exact) mass is 415 g/mol. The first kappa shape index (κ1) is 19.6. The predicted molar refractivity (Wildman–Crippen MR) is 111 cm³/mol. The highest BCUT2D eigenvalue weighted by Gasteiger charge is 2.45. The minimum Gasteiger partial charge on any atom is -0.622 e. The fourth-order valence-corrected chi connectivity index (χ4v) is 4.50. The molecule has 2 atom stereocenters. The summed E-state index contributed by atoms with van der Waals surface area (Å²) in [5, 5.41) is 14.2. The Morgan fingerprint density at radius 1 is 1.17 bits per heavy atom. The number of hydrogen-bond acceptors (Lipinski definition) is 8. The van der Waals surface area contributed by atoms with Crippen LogP contribution in [0.1, 0.15) is 10.4 Å². The molecule has 2 aromatic carbocycles. The van der Waals surface area contributed by atoms with E-state index in [9.17, 15) is 10.0 Å². The van der Waals surface area contributed by atoms with Gasteiger partial charge in [-0.25, -0.2) is 9.69 Å². The maximum Gasteiger partial charge on any atom is 0.350 e. The van der Waals surface area contributed by atoms with Crippen molar-refractivity contribution in [1.82, 2.24) is 14.5 Å². The summed E-state index contributed by atoms with van der Waals surface area (Å²) in [6.45, 7) is 0.434. The average Bonchev–Trinajstić information content (AvgIpc) is 3.28. The largest absolute Gasteiger partial charge is 0.622 e. The van der Waals surface area contributed by atoms with Crippen LogP contribution in [0.4, 0.5) is 5.13 Å². The third kappa shape index (κ3) is 3.42. The summed E-state index contributed by atoms with van der Waals surface area (Å²) in [5.74, 6) is -0.0200. The highest BCUT2D eigenvalue weighted by Crippen LogP contribution is 2.38. The molecule has 0 saturated carbocycles. The minimum atomic E-state index is -0.956. The Morgan fingerprint density at radius 3 is 2.52 bits per heavy atom. The lowest BCUT2D eigenvalue weighted by Crippen LogP contribution is -2.50. The Labute approximate surface area is 172 Å². The van der Waals surface area contributed by atoms with E-state index in [4.69, 9.17) is 14.2 Å². The molecular weight excluding hydrogens is 394 g/mol. The van der Waals surface area contributed by atoms with E-state index in [-0.39, 0.29) is 12.2 Å². The lowest BCUT2D eigenvalue weighted by molar-refractivity contribution is 0.00515. The second-order valence-corrected chi connectivity index (χ2v) is 7.85. The van der Waals surface area contributed by atoms with Crippen molar-refractivity contribution < 1.29 is 19.0 Å². The zero-order chi connectivity index (χ0) is 20.6. The molecule has 1 aliphatic rings. The molecule has 8 nitrogen and oxygen atoms in total. The van der Waals surface area contributed by atoms with Crippen LogP contribution in [0, 0.1) is 5.21 Å². The summed E-state index contributed by atoms with van der Waals surface area (Å²) in [6, 6.07) is 12.6. The number of aromatic nitrogens is 1. The SMILES string of the molecule is COc1cccc(OC)c1C(=O)OC1CN(C)C[N+]1([O-])c1nc2ccccc2s1. The van der Waals surface area contributed by atoms with Crippen LogP contribution in [0.5, 0.6) is 11.5 Å². The molecule has 0 spiro atoms. The van der Waals surface area contributed by atoms with Crippen LogP contribution in [0.3, 0.4) is 0 Å². The molecule has 9 heteroatoms. The van der Waals surface area contributed by atoms with Crippen molar-refractivity contribution >= 4 is 32.7 Å². The van der Waals surface area contributed by atoms with Crippen molar-refractivity contribution in [3.63, 3.8) is 0 Å². The zero-order valence-corrected chi connectivity index (χ0v) is 17.1. The number of likely N-dealkylation sites (N-methyl/N-ethyl adjacent to an activating group) is 1. The van der Waals surface area contributed by atoms with Gasteiger partial charge in [-0.15, -0.1) is 0 Å². The molecule has 1 aliphatic heterocycles. The van der Waals surface area contributed by atoms with E-state index >= 15 is 0 Å². The number of benzene rings is 2. The molecule has 2 heterocycles. The van der Waals surface area contributed by atoms with Gasteiger partial charge in [-0.2, -0.15) is 4.98 Å². The second kappa shape index (κ2) is 7.60. The lowest BCUT2D eigenvalue weighted by Gasteiger charge is -2.38. The number of methoxy groups -OCH3 is 2. The minimum absolute atomic E-state index is 0.140. The number of hydrogen-bond donors (Lipinski definition) is 0. The van der Waals surface area contributed by atoms with Crippen molar-refractivity contribution in [2.75, 3.05) is 34.5 Å². The number of ether oxygens (including phenoxy) is 3. The van der Waals surface area contributed by atoms with Gasteiger partial charge in [0.1, 0.15) is 23.7 Å². The number of quaternary nitrogens is 1. The van der Waals surface area contributed by atoms with Gasteiger partial charge in [0.25, 0.3) is 11.4 Å². The number of nitrogens with zero attached hydrogens (tertiary/aromatic N) is 3. The number of rotatable bonds is 5. The highest BCUT2D eigenvalue weighted by atomic mass is 32.1. The van der Waals surface area contributed by atoms with Crippen molar-refractivity contribution in [3.8, 4) is 11.5 Å². The number of carbonyl (C=O) groups excluding carboxylic acids is 1. The van der Waals surface area contributed by atoms with Crippen molar-refractivity contribution in [1.29, 1.82) is 0 Å². The van der Waals surface area contributed by atoms with Gasteiger partial charge in [-0.1, -0.05) is 29.5 Å². The zero-order valence-electron chi connectivity index (χ0n) is 16.3. The third-order valence-corrected chi connectivity index (χ3v) is 6.01. The van der Waals surface area contributed by atoms with Crippen molar-refractivity contribution in [2.24, 2.45) is 0 Å². The molecule has 1 fully saturated rings. The number of fused-ring (bicyclic) bond motifs is 1. The number of thiazole rings is 1. The first-order valence-electron chi connectivity index (χ1n) is 9.01. The number of carbonyl (C=O) groups is 1. The molecule has 0 radical (unpaired) electrons. The summed E-state index contributed by atoms with van der Waals surface area (Å²) in [6.07, 6.45) is -0.956. The first-order valence-corrected chi connectivity index (χ1v) is 9.83. The maximum absolute atomic E-state index is 13.8. The van der Waals surface area contributed by atoms with Gasteiger partial charge >= 0.3 is 5.97 Å².